The van der Waals surface area contributed by atoms with Gasteiger partial charge in [-0.05, 0) is 41.8 Å². The Morgan fingerprint density at radius 3 is 2.50 bits per heavy atom. The zero-order valence-corrected chi connectivity index (χ0v) is 16.6. The zero-order chi connectivity index (χ0) is 21.5. The summed E-state index contributed by atoms with van der Waals surface area (Å²) in [6.45, 7) is -2.59. The number of hydrogen-bond acceptors (Lipinski definition) is 3. The van der Waals surface area contributed by atoms with E-state index in [1.54, 1.807) is 30.5 Å². The Hall–Kier alpha value is -3.19. The number of anilines is 1. The molecular formula is C22H19ClF2N2O3. The molecule has 0 fully saturated rings. The van der Waals surface area contributed by atoms with Crippen LogP contribution in [0.5, 0.6) is 5.75 Å². The summed E-state index contributed by atoms with van der Waals surface area (Å²) in [5, 5.41) is 3.32. The Labute approximate surface area is 176 Å². The quantitative estimate of drug-likeness (QED) is 0.560. The van der Waals surface area contributed by atoms with Gasteiger partial charge in [-0.25, -0.2) is 0 Å². The lowest BCUT2D eigenvalue weighted by molar-refractivity contribution is -0.116. The number of benzene rings is 2. The Bertz CT molecular complexity index is 1070. The minimum Gasteiger partial charge on any atom is -0.435 e. The summed E-state index contributed by atoms with van der Waals surface area (Å²) in [5.74, 6) is -0.162. The Kier molecular flexibility index (Phi) is 7.19. The van der Waals surface area contributed by atoms with Gasteiger partial charge in [0.15, 0.2) is 0 Å². The fraction of sp³-hybridized carbons (Fsp3) is 0.182. The van der Waals surface area contributed by atoms with Crippen LogP contribution in [0.25, 0.3) is 0 Å². The maximum atomic E-state index is 12.3. The monoisotopic (exact) mass is 432 g/mol. The number of carbonyl (C=O) groups excluding carboxylic acids is 1. The normalized spacial score (nSPS) is 10.8. The number of halogens is 3. The molecule has 3 aromatic rings. The van der Waals surface area contributed by atoms with E-state index in [0.717, 1.165) is 11.1 Å². The maximum Gasteiger partial charge on any atom is 0.387 e. The summed E-state index contributed by atoms with van der Waals surface area (Å²) in [4.78, 5) is 24.4. The summed E-state index contributed by atoms with van der Waals surface area (Å²) in [7, 11) is 0. The van der Waals surface area contributed by atoms with Crippen LogP contribution in [0.2, 0.25) is 5.02 Å². The van der Waals surface area contributed by atoms with Crippen LogP contribution in [0.15, 0.2) is 71.7 Å². The van der Waals surface area contributed by atoms with Crippen molar-refractivity contribution < 1.29 is 18.3 Å². The van der Waals surface area contributed by atoms with Gasteiger partial charge in [-0.15, -0.1) is 0 Å². The van der Waals surface area contributed by atoms with E-state index in [1.165, 1.54) is 22.8 Å². The number of alkyl halides is 2. The van der Waals surface area contributed by atoms with Crippen LogP contribution >= 0.6 is 11.6 Å². The summed E-state index contributed by atoms with van der Waals surface area (Å²) in [6.07, 6.45) is 2.19. The fourth-order valence-electron chi connectivity index (χ4n) is 2.86. The summed E-state index contributed by atoms with van der Waals surface area (Å²) in [6, 6.07) is 16.3. The molecular weight excluding hydrogens is 414 g/mol. The Morgan fingerprint density at radius 2 is 1.80 bits per heavy atom. The lowest BCUT2D eigenvalue weighted by Crippen LogP contribution is -2.21. The largest absolute Gasteiger partial charge is 0.435 e. The number of nitrogens with one attached hydrogen (secondary N) is 1. The van der Waals surface area contributed by atoms with Gasteiger partial charge < -0.3 is 14.6 Å². The van der Waals surface area contributed by atoms with Crippen molar-refractivity contribution in [3.8, 4) is 5.75 Å². The van der Waals surface area contributed by atoms with Gasteiger partial charge in [-0.3, -0.25) is 9.59 Å². The van der Waals surface area contributed by atoms with Gasteiger partial charge in [0.25, 0.3) is 5.56 Å². The molecule has 0 aliphatic rings. The Balaban J connectivity index is 1.59. The molecule has 1 heterocycles. The molecule has 0 spiro atoms. The number of aromatic nitrogens is 1. The molecule has 8 heteroatoms. The van der Waals surface area contributed by atoms with Gasteiger partial charge in [0.05, 0.1) is 12.2 Å². The second kappa shape index (κ2) is 10.0. The second-order valence-electron chi connectivity index (χ2n) is 6.55. The van der Waals surface area contributed by atoms with Crippen molar-refractivity contribution in [3.63, 3.8) is 0 Å². The van der Waals surface area contributed by atoms with Crippen molar-refractivity contribution in [1.82, 2.24) is 4.57 Å². The Morgan fingerprint density at radius 1 is 1.07 bits per heavy atom. The number of carbonyl (C=O) groups is 1. The molecule has 0 unspecified atom stereocenters. The highest BCUT2D eigenvalue weighted by Crippen LogP contribution is 2.17. The predicted octanol–water partition coefficient (Wildman–Crippen LogP) is 4.72. The van der Waals surface area contributed by atoms with E-state index in [9.17, 15) is 18.4 Å². The SMILES string of the molecule is O=C(CCc1ccc(OC(F)F)cc1)Nc1ccc(=O)n(Cc2ccccc2Cl)c1. The van der Waals surface area contributed by atoms with Crippen LogP contribution in [0.1, 0.15) is 17.5 Å². The highest BCUT2D eigenvalue weighted by Gasteiger charge is 2.08. The maximum absolute atomic E-state index is 12.3. The van der Waals surface area contributed by atoms with Gasteiger partial charge in [0.2, 0.25) is 5.91 Å². The second-order valence-corrected chi connectivity index (χ2v) is 6.95. The van der Waals surface area contributed by atoms with E-state index in [0.29, 0.717) is 17.1 Å². The highest BCUT2D eigenvalue weighted by atomic mass is 35.5. The molecule has 30 heavy (non-hydrogen) atoms. The van der Waals surface area contributed by atoms with Crippen molar-refractivity contribution in [1.29, 1.82) is 0 Å². The van der Waals surface area contributed by atoms with E-state index < -0.39 is 6.61 Å². The van der Waals surface area contributed by atoms with Crippen LogP contribution in [-0.2, 0) is 17.8 Å². The number of nitrogens with zero attached hydrogens (tertiary/aromatic N) is 1. The van der Waals surface area contributed by atoms with Gasteiger partial charge in [0, 0.05) is 23.7 Å². The smallest absolute Gasteiger partial charge is 0.387 e. The number of hydrogen-bond donors (Lipinski definition) is 1. The van der Waals surface area contributed by atoms with E-state index in [-0.39, 0.29) is 30.2 Å². The summed E-state index contributed by atoms with van der Waals surface area (Å²) in [5.41, 5.74) is 1.89. The lowest BCUT2D eigenvalue weighted by atomic mass is 10.1. The first-order valence-electron chi connectivity index (χ1n) is 9.18. The summed E-state index contributed by atoms with van der Waals surface area (Å²) < 4.78 is 30.1. The minimum absolute atomic E-state index is 0.0685. The number of amides is 1. The molecule has 0 aliphatic carbocycles. The third-order valence-electron chi connectivity index (χ3n) is 4.36. The molecule has 156 valence electrons. The molecule has 1 amide bonds. The fourth-order valence-corrected chi connectivity index (χ4v) is 3.05. The lowest BCUT2D eigenvalue weighted by Gasteiger charge is -2.11. The van der Waals surface area contributed by atoms with Crippen LogP contribution in [0.4, 0.5) is 14.5 Å². The van der Waals surface area contributed by atoms with E-state index >= 15 is 0 Å². The van der Waals surface area contributed by atoms with Gasteiger partial charge in [-0.1, -0.05) is 41.9 Å². The molecule has 3 rings (SSSR count). The van der Waals surface area contributed by atoms with E-state index in [2.05, 4.69) is 10.1 Å². The van der Waals surface area contributed by atoms with Gasteiger partial charge >= 0.3 is 6.61 Å². The topological polar surface area (TPSA) is 60.3 Å². The first-order valence-corrected chi connectivity index (χ1v) is 9.56. The van der Waals surface area contributed by atoms with Crippen molar-refractivity contribution in [2.24, 2.45) is 0 Å². The molecule has 0 saturated carbocycles. The molecule has 2 aromatic carbocycles. The predicted molar refractivity (Wildman–Crippen MR) is 111 cm³/mol. The molecule has 0 saturated heterocycles. The molecule has 0 bridgehead atoms. The number of rotatable bonds is 8. The van der Waals surface area contributed by atoms with Crippen LogP contribution in [0, 0.1) is 0 Å². The molecule has 1 N–H and O–H groups in total. The molecule has 5 nitrogen and oxygen atoms in total. The third kappa shape index (κ3) is 6.15. The number of ether oxygens (including phenoxy) is 1. The van der Waals surface area contributed by atoms with E-state index in [4.69, 9.17) is 11.6 Å². The first-order chi connectivity index (χ1) is 14.4. The first kappa shape index (κ1) is 21.5. The molecule has 0 atom stereocenters. The van der Waals surface area contributed by atoms with Gasteiger partial charge in [-0.2, -0.15) is 8.78 Å². The average molecular weight is 433 g/mol. The third-order valence-corrected chi connectivity index (χ3v) is 4.72. The van der Waals surface area contributed by atoms with Crippen molar-refractivity contribution in [2.45, 2.75) is 26.0 Å². The van der Waals surface area contributed by atoms with Crippen molar-refractivity contribution in [3.05, 3.63) is 93.4 Å². The average Bonchev–Trinajstić information content (AvgIpc) is 2.71. The van der Waals surface area contributed by atoms with Crippen LogP contribution in [-0.4, -0.2) is 17.1 Å². The van der Waals surface area contributed by atoms with Crippen molar-refractivity contribution in [2.75, 3.05) is 5.32 Å². The van der Waals surface area contributed by atoms with Crippen LogP contribution < -0.4 is 15.6 Å². The molecule has 0 aliphatic heterocycles. The van der Waals surface area contributed by atoms with Gasteiger partial charge in [0.1, 0.15) is 5.75 Å². The standard InChI is InChI=1S/C22H19ClF2N2O3/c23-19-4-2-1-3-16(19)13-27-14-17(8-12-21(27)29)26-20(28)11-7-15-5-9-18(10-6-15)30-22(24)25/h1-6,8-10,12,14,22H,7,11,13H2,(H,26,28). The molecule has 0 radical (unpaired) electrons. The molecule has 1 aromatic heterocycles. The number of aryl methyl sites for hydroxylation is 1. The minimum atomic E-state index is -2.87. The number of pyridine rings is 1. The zero-order valence-electron chi connectivity index (χ0n) is 15.9. The van der Waals surface area contributed by atoms with Crippen LogP contribution in [0.3, 0.4) is 0 Å². The highest BCUT2D eigenvalue weighted by molar-refractivity contribution is 6.31. The van der Waals surface area contributed by atoms with E-state index in [1.807, 2.05) is 18.2 Å². The van der Waals surface area contributed by atoms with Crippen molar-refractivity contribution >= 4 is 23.2 Å². The summed E-state index contributed by atoms with van der Waals surface area (Å²) >= 11 is 6.15.